The Morgan fingerprint density at radius 2 is 1.68 bits per heavy atom. The standard InChI is InChI=1S/C20H32OS/c1-18-9-8-15-13(14(18)6-7-16(18)21)5-4-12-10-17-20(3,22-17)11-19(12,15)2/h12-17,21H,4-11H2,1-3H3/t12-,13-,14-,15-,16-,17+,18-,19-,20-/m0/s1. The average Bonchev–Trinajstić information content (AvgIpc) is 3.00. The minimum atomic E-state index is -0.0174. The van der Waals surface area contributed by atoms with E-state index < -0.39 is 0 Å². The molecule has 5 fully saturated rings. The van der Waals surface area contributed by atoms with Crippen LogP contribution < -0.4 is 0 Å². The van der Waals surface area contributed by atoms with Crippen LogP contribution in [0.5, 0.6) is 0 Å². The molecule has 0 radical (unpaired) electrons. The first-order chi connectivity index (χ1) is 10.4. The third-order valence-corrected chi connectivity index (χ3v) is 11.0. The van der Waals surface area contributed by atoms with E-state index in [0.717, 1.165) is 35.3 Å². The van der Waals surface area contributed by atoms with Crippen molar-refractivity contribution >= 4 is 11.8 Å². The lowest BCUT2D eigenvalue weighted by Gasteiger charge is -2.60. The Balaban J connectivity index is 1.48. The second-order valence-corrected chi connectivity index (χ2v) is 11.9. The molecule has 1 heterocycles. The van der Waals surface area contributed by atoms with Crippen molar-refractivity contribution in [2.45, 2.75) is 88.2 Å². The van der Waals surface area contributed by atoms with E-state index in [2.05, 4.69) is 32.5 Å². The van der Waals surface area contributed by atoms with Gasteiger partial charge >= 0.3 is 0 Å². The zero-order valence-electron chi connectivity index (χ0n) is 14.5. The molecule has 0 unspecified atom stereocenters. The minimum Gasteiger partial charge on any atom is -0.393 e. The number of rotatable bonds is 0. The van der Waals surface area contributed by atoms with Crippen LogP contribution in [0.2, 0.25) is 0 Å². The Bertz CT molecular complexity index is 506. The largest absolute Gasteiger partial charge is 0.393 e. The third kappa shape index (κ3) is 1.67. The lowest BCUT2D eigenvalue weighted by molar-refractivity contribution is -0.120. The molecule has 4 aliphatic carbocycles. The Morgan fingerprint density at radius 3 is 2.50 bits per heavy atom. The maximum absolute atomic E-state index is 10.6. The highest BCUT2D eigenvalue weighted by molar-refractivity contribution is 8.08. The summed E-state index contributed by atoms with van der Waals surface area (Å²) < 4.78 is 0.628. The summed E-state index contributed by atoms with van der Waals surface area (Å²) in [6.07, 6.45) is 11.0. The number of aliphatic hydroxyl groups excluding tert-OH is 1. The molecule has 0 bridgehead atoms. The lowest BCUT2D eigenvalue weighted by atomic mass is 9.44. The lowest BCUT2D eigenvalue weighted by Crippen LogP contribution is -2.55. The molecule has 9 atom stereocenters. The Hall–Kier alpha value is 0.310. The van der Waals surface area contributed by atoms with Crippen LogP contribution in [0.15, 0.2) is 0 Å². The van der Waals surface area contributed by atoms with Crippen molar-refractivity contribution in [1.29, 1.82) is 0 Å². The summed E-state index contributed by atoms with van der Waals surface area (Å²) in [6, 6.07) is 0. The molecule has 0 spiro atoms. The fourth-order valence-electron chi connectivity index (χ4n) is 7.93. The molecule has 5 aliphatic rings. The molecule has 5 rings (SSSR count). The molecule has 1 saturated heterocycles. The van der Waals surface area contributed by atoms with Gasteiger partial charge in [0.1, 0.15) is 0 Å². The summed E-state index contributed by atoms with van der Waals surface area (Å²) in [5.41, 5.74) is 0.854. The fourth-order valence-corrected chi connectivity index (χ4v) is 9.41. The van der Waals surface area contributed by atoms with Gasteiger partial charge in [-0.15, -0.1) is 11.8 Å². The van der Waals surface area contributed by atoms with Crippen LogP contribution in [0.4, 0.5) is 0 Å². The van der Waals surface area contributed by atoms with Crippen LogP contribution >= 0.6 is 11.8 Å². The van der Waals surface area contributed by atoms with Crippen molar-refractivity contribution < 1.29 is 5.11 Å². The molecule has 2 heteroatoms. The summed E-state index contributed by atoms with van der Waals surface area (Å²) in [5, 5.41) is 11.5. The number of hydrogen-bond acceptors (Lipinski definition) is 2. The number of thioether (sulfide) groups is 1. The third-order valence-electron chi connectivity index (χ3n) is 9.28. The highest BCUT2D eigenvalue weighted by Crippen LogP contribution is 2.73. The Morgan fingerprint density at radius 1 is 0.909 bits per heavy atom. The molecular formula is C20H32OS. The first-order valence-electron chi connectivity index (χ1n) is 9.73. The molecule has 4 saturated carbocycles. The van der Waals surface area contributed by atoms with Gasteiger partial charge in [0, 0.05) is 10.00 Å². The molecule has 22 heavy (non-hydrogen) atoms. The van der Waals surface area contributed by atoms with E-state index in [0.29, 0.717) is 10.2 Å². The van der Waals surface area contributed by atoms with Gasteiger partial charge in [-0.2, -0.15) is 0 Å². The molecule has 1 nitrogen and oxygen atoms in total. The average molecular weight is 321 g/mol. The highest BCUT2D eigenvalue weighted by atomic mass is 32.2. The van der Waals surface area contributed by atoms with Gasteiger partial charge in [-0.25, -0.2) is 0 Å². The molecule has 1 N–H and O–H groups in total. The van der Waals surface area contributed by atoms with Crippen molar-refractivity contribution in [1.82, 2.24) is 0 Å². The molecule has 0 amide bonds. The molecule has 0 aromatic carbocycles. The summed E-state index contributed by atoms with van der Waals surface area (Å²) in [7, 11) is 0. The second kappa shape index (κ2) is 4.28. The van der Waals surface area contributed by atoms with Gasteiger partial charge in [0.15, 0.2) is 0 Å². The van der Waals surface area contributed by atoms with Crippen LogP contribution in [0.3, 0.4) is 0 Å². The van der Waals surface area contributed by atoms with Gasteiger partial charge in [0.25, 0.3) is 0 Å². The fraction of sp³-hybridized carbons (Fsp3) is 1.00. The number of aliphatic hydroxyl groups is 1. The maximum Gasteiger partial charge on any atom is 0.0596 e. The van der Waals surface area contributed by atoms with Crippen LogP contribution in [0.25, 0.3) is 0 Å². The van der Waals surface area contributed by atoms with Crippen molar-refractivity contribution in [2.24, 2.45) is 34.5 Å². The van der Waals surface area contributed by atoms with Crippen molar-refractivity contribution in [3.63, 3.8) is 0 Å². The topological polar surface area (TPSA) is 20.2 Å². The molecule has 0 aromatic rings. The van der Waals surface area contributed by atoms with E-state index in [-0.39, 0.29) is 11.5 Å². The van der Waals surface area contributed by atoms with Gasteiger partial charge < -0.3 is 5.11 Å². The predicted molar refractivity (Wildman–Crippen MR) is 92.9 cm³/mol. The Labute approximate surface area is 140 Å². The van der Waals surface area contributed by atoms with E-state index in [1.165, 1.54) is 44.9 Å². The molecular weight excluding hydrogens is 288 g/mol. The van der Waals surface area contributed by atoms with E-state index in [4.69, 9.17) is 0 Å². The van der Waals surface area contributed by atoms with Crippen LogP contribution in [0, 0.1) is 34.5 Å². The quantitative estimate of drug-likeness (QED) is 0.642. The second-order valence-electron chi connectivity index (χ2n) is 10.1. The summed E-state index contributed by atoms with van der Waals surface area (Å²) in [5.74, 6) is 3.68. The van der Waals surface area contributed by atoms with Crippen molar-refractivity contribution in [2.75, 3.05) is 0 Å². The normalized spacial score (nSPS) is 66.0. The van der Waals surface area contributed by atoms with E-state index >= 15 is 0 Å². The molecule has 124 valence electrons. The molecule has 1 aliphatic heterocycles. The monoisotopic (exact) mass is 320 g/mol. The predicted octanol–water partition coefficient (Wildman–Crippen LogP) is 4.87. The highest BCUT2D eigenvalue weighted by Gasteiger charge is 2.66. The van der Waals surface area contributed by atoms with Crippen molar-refractivity contribution in [3.8, 4) is 0 Å². The summed E-state index contributed by atoms with van der Waals surface area (Å²) >= 11 is 2.28. The minimum absolute atomic E-state index is 0.0174. The first-order valence-corrected chi connectivity index (χ1v) is 10.6. The van der Waals surface area contributed by atoms with E-state index in [1.807, 2.05) is 0 Å². The van der Waals surface area contributed by atoms with Gasteiger partial charge in [-0.05, 0) is 92.8 Å². The Kier molecular flexibility index (Phi) is 2.85. The van der Waals surface area contributed by atoms with Gasteiger partial charge in [0.05, 0.1) is 6.10 Å². The van der Waals surface area contributed by atoms with Gasteiger partial charge in [0.2, 0.25) is 0 Å². The van der Waals surface area contributed by atoms with Crippen molar-refractivity contribution in [3.05, 3.63) is 0 Å². The summed E-state index contributed by atoms with van der Waals surface area (Å²) in [4.78, 5) is 0. The number of fused-ring (bicyclic) bond motifs is 6. The zero-order chi connectivity index (χ0) is 15.3. The zero-order valence-corrected chi connectivity index (χ0v) is 15.3. The smallest absolute Gasteiger partial charge is 0.0596 e. The van der Waals surface area contributed by atoms with Crippen LogP contribution in [-0.4, -0.2) is 21.2 Å². The van der Waals surface area contributed by atoms with Crippen LogP contribution in [-0.2, 0) is 0 Å². The van der Waals surface area contributed by atoms with Gasteiger partial charge in [-0.3, -0.25) is 0 Å². The van der Waals surface area contributed by atoms with E-state index in [9.17, 15) is 5.11 Å². The summed E-state index contributed by atoms with van der Waals surface area (Å²) in [6.45, 7) is 7.62. The SMILES string of the molecule is C[C@]12C[C@]3(C)S[C@@H]3C[C@@H]1CC[C@@H]1[C@@H]2CC[C@]2(C)[C@@H](O)CC[C@@H]12. The maximum atomic E-state index is 10.6. The number of hydrogen-bond donors (Lipinski definition) is 1. The van der Waals surface area contributed by atoms with E-state index in [1.54, 1.807) is 0 Å². The van der Waals surface area contributed by atoms with Crippen LogP contribution in [0.1, 0.15) is 72.1 Å². The van der Waals surface area contributed by atoms with Gasteiger partial charge in [-0.1, -0.05) is 13.8 Å². The molecule has 0 aromatic heterocycles. The first kappa shape index (κ1) is 14.6.